The first kappa shape index (κ1) is 23.8. The summed E-state index contributed by atoms with van der Waals surface area (Å²) in [5.41, 5.74) is 2.84. The Morgan fingerprint density at radius 2 is 1.81 bits per heavy atom. The average molecular weight is 461 g/mol. The highest BCUT2D eigenvalue weighted by Crippen LogP contribution is 2.28. The van der Waals surface area contributed by atoms with Gasteiger partial charge in [0.25, 0.3) is 0 Å². The van der Waals surface area contributed by atoms with Crippen molar-refractivity contribution >= 4 is 33.4 Å². The van der Waals surface area contributed by atoms with Gasteiger partial charge in [0.15, 0.2) is 0 Å². The van der Waals surface area contributed by atoms with E-state index in [9.17, 15) is 13.2 Å². The number of benzene rings is 2. The highest BCUT2D eigenvalue weighted by Gasteiger charge is 2.26. The maximum Gasteiger partial charge on any atom is 0.243 e. The molecule has 2 aromatic carbocycles. The van der Waals surface area contributed by atoms with Gasteiger partial charge in [-0.1, -0.05) is 26.0 Å². The van der Waals surface area contributed by atoms with E-state index in [-0.39, 0.29) is 5.91 Å². The molecular weight excluding hydrogens is 428 g/mol. The summed E-state index contributed by atoms with van der Waals surface area (Å²) < 4.78 is 26.8. The Morgan fingerprint density at radius 1 is 1.13 bits per heavy atom. The fraction of sp³-hybridized carbons (Fsp3) is 0.458. The van der Waals surface area contributed by atoms with Gasteiger partial charge in [0.05, 0.1) is 4.90 Å². The molecule has 1 atom stereocenters. The molecule has 2 aromatic rings. The van der Waals surface area contributed by atoms with Gasteiger partial charge in [-0.3, -0.25) is 4.79 Å². The van der Waals surface area contributed by atoms with E-state index in [2.05, 4.69) is 31.3 Å². The second kappa shape index (κ2) is 10.7. The van der Waals surface area contributed by atoms with Crippen LogP contribution in [0.5, 0.6) is 0 Å². The zero-order chi connectivity index (χ0) is 22.4. The third kappa shape index (κ3) is 6.34. The molecule has 0 spiro atoms. The van der Waals surface area contributed by atoms with Crippen LogP contribution in [0.3, 0.4) is 0 Å². The summed E-state index contributed by atoms with van der Waals surface area (Å²) in [6.07, 6.45) is 3.88. The Morgan fingerprint density at radius 3 is 2.42 bits per heavy atom. The van der Waals surface area contributed by atoms with Crippen molar-refractivity contribution in [1.82, 2.24) is 4.31 Å². The molecule has 0 radical (unpaired) electrons. The minimum absolute atomic E-state index is 0.0424. The zero-order valence-electron chi connectivity index (χ0n) is 18.6. The van der Waals surface area contributed by atoms with E-state index >= 15 is 0 Å². The summed E-state index contributed by atoms with van der Waals surface area (Å²) in [6, 6.07) is 13.1. The Balaban J connectivity index is 1.54. The molecule has 1 unspecified atom stereocenters. The number of hydrogen-bond donors (Lipinski definition) is 1. The number of thioether (sulfide) groups is 1. The van der Waals surface area contributed by atoms with Gasteiger partial charge >= 0.3 is 0 Å². The number of rotatable bonds is 9. The topological polar surface area (TPSA) is 66.5 Å². The van der Waals surface area contributed by atoms with Crippen LogP contribution >= 0.6 is 11.8 Å². The van der Waals surface area contributed by atoms with Gasteiger partial charge in [-0.15, -0.1) is 11.8 Å². The fourth-order valence-electron chi connectivity index (χ4n) is 3.54. The van der Waals surface area contributed by atoms with Crippen LogP contribution < -0.4 is 5.32 Å². The van der Waals surface area contributed by atoms with Gasteiger partial charge < -0.3 is 5.32 Å². The van der Waals surface area contributed by atoms with E-state index in [0.717, 1.165) is 36.1 Å². The summed E-state index contributed by atoms with van der Waals surface area (Å²) in [5, 5.41) is 3.56. The molecular formula is C24H32N2O3S2. The van der Waals surface area contributed by atoms with E-state index in [1.54, 1.807) is 16.4 Å². The van der Waals surface area contributed by atoms with Crippen molar-refractivity contribution in [3.8, 4) is 0 Å². The van der Waals surface area contributed by atoms with Crippen molar-refractivity contribution in [2.45, 2.75) is 67.9 Å². The lowest BCUT2D eigenvalue weighted by Gasteiger charge is -2.15. The van der Waals surface area contributed by atoms with Crippen molar-refractivity contribution in [2.75, 3.05) is 18.4 Å². The number of nitrogens with one attached hydrogen (secondary N) is 1. The summed E-state index contributed by atoms with van der Waals surface area (Å²) in [7, 11) is -3.39. The average Bonchev–Trinajstić information content (AvgIpc) is 3.30. The van der Waals surface area contributed by atoms with Gasteiger partial charge in [-0.05, 0) is 74.1 Å². The summed E-state index contributed by atoms with van der Waals surface area (Å²) in [4.78, 5) is 14.0. The second-order valence-corrected chi connectivity index (χ2v) is 11.6. The first-order chi connectivity index (χ1) is 14.8. The van der Waals surface area contributed by atoms with Gasteiger partial charge in [-0.25, -0.2) is 8.42 Å². The van der Waals surface area contributed by atoms with Crippen molar-refractivity contribution < 1.29 is 13.2 Å². The number of nitrogens with zero attached hydrogens (tertiary/aromatic N) is 1. The quantitative estimate of drug-likeness (QED) is 0.520. The minimum atomic E-state index is -3.39. The van der Waals surface area contributed by atoms with Gasteiger partial charge in [-0.2, -0.15) is 4.31 Å². The first-order valence-electron chi connectivity index (χ1n) is 11.0. The van der Waals surface area contributed by atoms with Crippen LogP contribution in [0.25, 0.3) is 0 Å². The predicted molar refractivity (Wildman–Crippen MR) is 128 cm³/mol. The van der Waals surface area contributed by atoms with E-state index in [1.807, 2.05) is 36.9 Å². The predicted octanol–water partition coefficient (Wildman–Crippen LogP) is 5.24. The number of carbonyl (C=O) groups excluding carboxylic acids is 1. The lowest BCUT2D eigenvalue weighted by Crippen LogP contribution is -2.27. The highest BCUT2D eigenvalue weighted by molar-refractivity contribution is 7.99. The smallest absolute Gasteiger partial charge is 0.243 e. The normalized spacial score (nSPS) is 15.7. The van der Waals surface area contributed by atoms with E-state index in [1.165, 1.54) is 4.90 Å². The lowest BCUT2D eigenvalue weighted by molar-refractivity contribution is -0.116. The molecule has 1 aliphatic rings. The van der Waals surface area contributed by atoms with Crippen LogP contribution in [0, 0.1) is 6.92 Å². The Hall–Kier alpha value is -1.83. The van der Waals surface area contributed by atoms with E-state index in [0.29, 0.717) is 36.1 Å². The van der Waals surface area contributed by atoms with Crippen molar-refractivity contribution in [3.63, 3.8) is 0 Å². The number of carbonyl (C=O) groups is 1. The highest BCUT2D eigenvalue weighted by atomic mass is 32.2. The second-order valence-electron chi connectivity index (χ2n) is 8.12. The Bertz CT molecular complexity index is 998. The molecule has 1 aliphatic heterocycles. The summed E-state index contributed by atoms with van der Waals surface area (Å²) in [6.45, 7) is 7.60. The number of anilines is 1. The minimum Gasteiger partial charge on any atom is -0.326 e. The monoisotopic (exact) mass is 460 g/mol. The number of sulfonamides is 1. The third-order valence-electron chi connectivity index (χ3n) is 5.65. The summed E-state index contributed by atoms with van der Waals surface area (Å²) in [5.74, 6) is -0.0424. The molecule has 0 bridgehead atoms. The molecule has 168 valence electrons. The molecule has 0 saturated carbocycles. The molecule has 1 amide bonds. The first-order valence-corrected chi connectivity index (χ1v) is 13.3. The third-order valence-corrected chi connectivity index (χ3v) is 8.83. The molecule has 1 heterocycles. The number of amides is 1. The van der Waals surface area contributed by atoms with Gasteiger partial charge in [0.2, 0.25) is 15.9 Å². The molecule has 1 saturated heterocycles. The molecule has 0 aliphatic carbocycles. The van der Waals surface area contributed by atoms with Crippen LogP contribution in [0.15, 0.2) is 52.3 Å². The lowest BCUT2D eigenvalue weighted by atomic mass is 10.1. The molecule has 0 aromatic heterocycles. The molecule has 31 heavy (non-hydrogen) atoms. The van der Waals surface area contributed by atoms with Crippen LogP contribution in [-0.4, -0.2) is 37.0 Å². The van der Waals surface area contributed by atoms with Gasteiger partial charge in [0.1, 0.15) is 0 Å². The van der Waals surface area contributed by atoms with Crippen molar-refractivity contribution in [1.29, 1.82) is 0 Å². The number of aryl methyl sites for hydroxylation is 2. The molecule has 1 fully saturated rings. The van der Waals surface area contributed by atoms with Gasteiger partial charge in [0, 0.05) is 35.3 Å². The van der Waals surface area contributed by atoms with Crippen molar-refractivity contribution in [3.05, 3.63) is 53.6 Å². The standard InChI is InChI=1S/C24H32N2O3S2/c1-4-19(3)30-21-10-13-23(18(2)17-21)25-24(27)14-9-20-7-11-22(12-8-20)31(28,29)26-15-5-6-16-26/h7-8,10-13,17,19H,4-6,9,14-16H2,1-3H3,(H,25,27). The molecule has 1 N–H and O–H groups in total. The maximum atomic E-state index is 12.6. The fourth-order valence-corrected chi connectivity index (χ4v) is 6.08. The molecule has 7 heteroatoms. The van der Waals surface area contributed by atoms with Crippen LogP contribution in [0.2, 0.25) is 0 Å². The van der Waals surface area contributed by atoms with E-state index in [4.69, 9.17) is 0 Å². The van der Waals surface area contributed by atoms with Crippen LogP contribution in [0.4, 0.5) is 5.69 Å². The number of hydrogen-bond acceptors (Lipinski definition) is 4. The zero-order valence-corrected chi connectivity index (χ0v) is 20.2. The summed E-state index contributed by atoms with van der Waals surface area (Å²) >= 11 is 1.85. The maximum absolute atomic E-state index is 12.6. The van der Waals surface area contributed by atoms with Crippen molar-refractivity contribution in [2.24, 2.45) is 0 Å². The molecule has 3 rings (SSSR count). The largest absolute Gasteiger partial charge is 0.326 e. The SMILES string of the molecule is CCC(C)Sc1ccc(NC(=O)CCc2ccc(S(=O)(=O)N3CCCC3)cc2)c(C)c1. The Kier molecular flexibility index (Phi) is 8.19. The van der Waals surface area contributed by atoms with Crippen LogP contribution in [0.1, 0.15) is 50.7 Å². The molecule has 5 nitrogen and oxygen atoms in total. The van der Waals surface area contributed by atoms with E-state index < -0.39 is 10.0 Å². The van der Waals surface area contributed by atoms with Crippen LogP contribution in [-0.2, 0) is 21.2 Å². The Labute approximate surface area is 190 Å².